The van der Waals surface area contributed by atoms with Crippen molar-refractivity contribution in [3.05, 3.63) is 53.5 Å². The molecule has 0 aliphatic carbocycles. The molecule has 26 heavy (non-hydrogen) atoms. The lowest BCUT2D eigenvalue weighted by Crippen LogP contribution is -2.26. The monoisotopic (exact) mass is 352 g/mol. The van der Waals surface area contributed by atoms with Crippen LogP contribution >= 0.6 is 0 Å². The molecule has 0 saturated carbocycles. The second-order valence-corrected chi connectivity index (χ2v) is 8.10. The van der Waals surface area contributed by atoms with Crippen LogP contribution in [0.1, 0.15) is 62.4 Å². The van der Waals surface area contributed by atoms with Crippen LogP contribution in [0.3, 0.4) is 0 Å². The Balaban J connectivity index is 1.68. The summed E-state index contributed by atoms with van der Waals surface area (Å²) in [5, 5.41) is 11.3. The molecule has 5 nitrogen and oxygen atoms in total. The van der Waals surface area contributed by atoms with Gasteiger partial charge in [0.1, 0.15) is 5.69 Å². The van der Waals surface area contributed by atoms with Crippen molar-refractivity contribution >= 4 is 16.8 Å². The average Bonchev–Trinajstić information content (AvgIpc) is 3.20. The van der Waals surface area contributed by atoms with Gasteiger partial charge >= 0.3 is 0 Å². The molecule has 1 aromatic carbocycles. The Labute approximate surface area is 154 Å². The number of fused-ring (bicyclic) bond motifs is 1. The molecule has 0 aliphatic rings. The zero-order valence-electron chi connectivity index (χ0n) is 16.3. The Morgan fingerprint density at radius 1 is 1.27 bits per heavy atom. The van der Waals surface area contributed by atoms with E-state index in [0.717, 1.165) is 12.1 Å². The summed E-state index contributed by atoms with van der Waals surface area (Å²) < 4.78 is 2.29. The molecule has 2 aromatic heterocycles. The van der Waals surface area contributed by atoms with Crippen LogP contribution in [-0.4, -0.2) is 27.2 Å². The minimum absolute atomic E-state index is 0.0514. The van der Waals surface area contributed by atoms with Crippen LogP contribution in [0.15, 0.2) is 36.5 Å². The number of aromatic amines is 1. The molecule has 0 spiro atoms. The number of hydrogen-bond acceptors (Lipinski definition) is 2. The molecule has 2 heterocycles. The van der Waals surface area contributed by atoms with Gasteiger partial charge in [0.25, 0.3) is 5.91 Å². The van der Waals surface area contributed by atoms with Crippen molar-refractivity contribution in [1.82, 2.24) is 20.1 Å². The molecular weight excluding hydrogens is 324 g/mol. The highest BCUT2D eigenvalue weighted by molar-refractivity contribution is 5.92. The van der Waals surface area contributed by atoms with Crippen molar-refractivity contribution in [2.75, 3.05) is 6.54 Å². The quantitative estimate of drug-likeness (QED) is 0.722. The summed E-state index contributed by atoms with van der Waals surface area (Å²) in [5.41, 5.74) is 3.85. The van der Waals surface area contributed by atoms with E-state index < -0.39 is 0 Å². The van der Waals surface area contributed by atoms with Crippen LogP contribution in [0.4, 0.5) is 0 Å². The smallest absolute Gasteiger partial charge is 0.271 e. The summed E-state index contributed by atoms with van der Waals surface area (Å²) >= 11 is 0. The molecule has 3 aromatic rings. The molecule has 0 radical (unpaired) electrons. The highest BCUT2D eigenvalue weighted by Gasteiger charge is 2.19. The van der Waals surface area contributed by atoms with E-state index in [9.17, 15) is 4.79 Å². The highest BCUT2D eigenvalue weighted by atomic mass is 16.1. The lowest BCUT2D eigenvalue weighted by atomic mass is 9.92. The fraction of sp³-hybridized carbons (Fsp3) is 0.429. The van der Waals surface area contributed by atoms with Crippen molar-refractivity contribution < 1.29 is 4.79 Å². The highest BCUT2D eigenvalue weighted by Crippen LogP contribution is 2.25. The van der Waals surface area contributed by atoms with E-state index in [4.69, 9.17) is 0 Å². The largest absolute Gasteiger partial charge is 0.350 e. The second-order valence-electron chi connectivity index (χ2n) is 8.10. The second kappa shape index (κ2) is 6.98. The Morgan fingerprint density at radius 2 is 2.00 bits per heavy atom. The molecule has 0 fully saturated rings. The number of carbonyl (C=O) groups is 1. The van der Waals surface area contributed by atoms with Crippen molar-refractivity contribution in [3.8, 4) is 0 Å². The predicted octanol–water partition coefficient (Wildman–Crippen LogP) is 4.22. The van der Waals surface area contributed by atoms with E-state index in [1.807, 2.05) is 6.07 Å². The van der Waals surface area contributed by atoms with Gasteiger partial charge < -0.3 is 9.88 Å². The van der Waals surface area contributed by atoms with Gasteiger partial charge in [0, 0.05) is 40.8 Å². The fourth-order valence-corrected chi connectivity index (χ4v) is 3.13. The average molecular weight is 352 g/mol. The molecule has 138 valence electrons. The molecule has 0 atom stereocenters. The maximum Gasteiger partial charge on any atom is 0.271 e. The van der Waals surface area contributed by atoms with E-state index in [0.29, 0.717) is 18.3 Å². The number of carbonyl (C=O) groups excluding carboxylic acids is 1. The van der Waals surface area contributed by atoms with Crippen molar-refractivity contribution in [2.24, 2.45) is 0 Å². The third-order valence-electron chi connectivity index (χ3n) is 4.68. The number of nitrogens with one attached hydrogen (secondary N) is 2. The van der Waals surface area contributed by atoms with Crippen molar-refractivity contribution in [1.29, 1.82) is 0 Å². The fourth-order valence-electron chi connectivity index (χ4n) is 3.13. The summed E-state index contributed by atoms with van der Waals surface area (Å²) in [5.74, 6) is -0.135. The van der Waals surface area contributed by atoms with Crippen molar-refractivity contribution in [2.45, 2.75) is 52.5 Å². The van der Waals surface area contributed by atoms with Gasteiger partial charge in [0.05, 0.1) is 0 Å². The summed E-state index contributed by atoms with van der Waals surface area (Å²) in [6.45, 7) is 11.2. The normalized spacial score (nSPS) is 12.1. The first kappa shape index (κ1) is 18.2. The number of nitrogens with zero attached hydrogens (tertiary/aromatic N) is 2. The lowest BCUT2D eigenvalue weighted by molar-refractivity contribution is 0.0949. The zero-order valence-corrected chi connectivity index (χ0v) is 16.3. The molecule has 0 bridgehead atoms. The van der Waals surface area contributed by atoms with Crippen LogP contribution < -0.4 is 5.32 Å². The molecule has 3 rings (SSSR count). The van der Waals surface area contributed by atoms with E-state index in [1.165, 1.54) is 16.5 Å². The minimum Gasteiger partial charge on any atom is -0.350 e. The Morgan fingerprint density at radius 3 is 2.65 bits per heavy atom. The van der Waals surface area contributed by atoms with Gasteiger partial charge in [-0.1, -0.05) is 39.0 Å². The maximum absolute atomic E-state index is 12.4. The Hall–Kier alpha value is -2.56. The minimum atomic E-state index is -0.135. The lowest BCUT2D eigenvalue weighted by Gasteiger charge is -2.14. The van der Waals surface area contributed by atoms with Gasteiger partial charge in [-0.2, -0.15) is 5.10 Å². The summed E-state index contributed by atoms with van der Waals surface area (Å²) in [7, 11) is 0. The molecular formula is C21H28N4O. The number of hydrogen-bond donors (Lipinski definition) is 2. The molecule has 2 N–H and O–H groups in total. The number of amides is 1. The predicted molar refractivity (Wildman–Crippen MR) is 106 cm³/mol. The first-order valence-electron chi connectivity index (χ1n) is 9.20. The number of benzene rings is 1. The van der Waals surface area contributed by atoms with Crippen LogP contribution in [-0.2, 0) is 11.8 Å². The van der Waals surface area contributed by atoms with Gasteiger partial charge in [-0.05, 0) is 38.0 Å². The first-order chi connectivity index (χ1) is 12.3. The van der Waals surface area contributed by atoms with Crippen LogP contribution in [0.2, 0.25) is 0 Å². The van der Waals surface area contributed by atoms with E-state index >= 15 is 0 Å². The molecule has 1 amide bonds. The van der Waals surface area contributed by atoms with Gasteiger partial charge in [-0.25, -0.2) is 0 Å². The molecule has 0 saturated heterocycles. The zero-order chi connectivity index (χ0) is 18.9. The first-order valence-corrected chi connectivity index (χ1v) is 9.20. The Bertz CT molecular complexity index is 912. The van der Waals surface area contributed by atoms with E-state index in [2.05, 4.69) is 85.2 Å². The summed E-state index contributed by atoms with van der Waals surface area (Å²) in [4.78, 5) is 12.4. The number of para-hydroxylation sites is 1. The van der Waals surface area contributed by atoms with E-state index in [1.54, 1.807) is 0 Å². The van der Waals surface area contributed by atoms with Gasteiger partial charge in [-0.3, -0.25) is 9.89 Å². The van der Waals surface area contributed by atoms with Crippen LogP contribution in [0, 0.1) is 0 Å². The van der Waals surface area contributed by atoms with Gasteiger partial charge in [0.2, 0.25) is 0 Å². The summed E-state index contributed by atoms with van der Waals surface area (Å²) in [6.07, 6.45) is 3.00. The Kier molecular flexibility index (Phi) is 4.90. The summed E-state index contributed by atoms with van der Waals surface area (Å²) in [6, 6.07) is 10.7. The molecule has 0 unspecified atom stereocenters. The van der Waals surface area contributed by atoms with Gasteiger partial charge in [-0.15, -0.1) is 0 Å². The molecule has 5 heteroatoms. The number of H-pyrrole nitrogens is 1. The van der Waals surface area contributed by atoms with Gasteiger partial charge in [0.15, 0.2) is 0 Å². The van der Waals surface area contributed by atoms with Crippen molar-refractivity contribution in [3.63, 3.8) is 0 Å². The molecule has 0 aliphatic heterocycles. The van der Waals surface area contributed by atoms with Crippen LogP contribution in [0.5, 0.6) is 0 Å². The maximum atomic E-state index is 12.4. The standard InChI is InChI=1S/C21H28N4O/c1-14(2)25-13-15(16-8-6-7-9-18(16)25)10-11-22-20(26)17-12-19(24-23-17)21(3,4)5/h6-9,12-14H,10-11H2,1-5H3,(H,22,26)(H,23,24). The third-order valence-corrected chi connectivity index (χ3v) is 4.68. The topological polar surface area (TPSA) is 62.7 Å². The SMILES string of the molecule is CC(C)n1cc(CCNC(=O)c2cc(C(C)(C)C)[nH]n2)c2ccccc21. The number of aromatic nitrogens is 3. The van der Waals surface area contributed by atoms with Crippen LogP contribution in [0.25, 0.3) is 10.9 Å². The number of rotatable bonds is 5. The van der Waals surface area contributed by atoms with E-state index in [-0.39, 0.29) is 11.3 Å². The third kappa shape index (κ3) is 3.66.